The number of imide groups is 1. The fraction of sp³-hybridized carbons (Fsp3) is 0.500. The number of carbonyl (C=O) groups excluding carboxylic acids is 3. The molecule has 1 heterocycles. The fourth-order valence-electron chi connectivity index (χ4n) is 3.00. The minimum atomic E-state index is -0.843. The largest absolute Gasteiger partial charge is 0.351 e. The van der Waals surface area contributed by atoms with Gasteiger partial charge in [-0.1, -0.05) is 30.3 Å². The second kappa shape index (κ2) is 9.17. The van der Waals surface area contributed by atoms with Gasteiger partial charge in [0, 0.05) is 32.6 Å². The van der Waals surface area contributed by atoms with E-state index < -0.39 is 18.0 Å². The zero-order valence-corrected chi connectivity index (χ0v) is 14.6. The molecule has 1 aromatic rings. The van der Waals surface area contributed by atoms with E-state index in [0.717, 1.165) is 12.8 Å². The third kappa shape index (κ3) is 5.86. The third-order valence-electron chi connectivity index (χ3n) is 4.54. The summed E-state index contributed by atoms with van der Waals surface area (Å²) in [7, 11) is 0. The minimum Gasteiger partial charge on any atom is -0.351 e. The highest BCUT2D eigenvalue weighted by Crippen LogP contribution is 2.10. The molecule has 0 radical (unpaired) electrons. The van der Waals surface area contributed by atoms with Crippen LogP contribution in [0, 0.1) is 0 Å². The predicted molar refractivity (Wildman–Crippen MR) is 94.7 cm³/mol. The van der Waals surface area contributed by atoms with Crippen molar-refractivity contribution in [3.8, 4) is 0 Å². The van der Waals surface area contributed by atoms with Gasteiger partial charge in [0.05, 0.1) is 6.04 Å². The average molecular weight is 346 g/mol. The lowest BCUT2D eigenvalue weighted by Gasteiger charge is -2.37. The van der Waals surface area contributed by atoms with E-state index in [1.807, 2.05) is 28.0 Å². The summed E-state index contributed by atoms with van der Waals surface area (Å²) in [6.45, 7) is 4.14. The van der Waals surface area contributed by atoms with Crippen molar-refractivity contribution < 1.29 is 14.4 Å². The molecule has 1 fully saturated rings. The summed E-state index contributed by atoms with van der Waals surface area (Å²) >= 11 is 0. The van der Waals surface area contributed by atoms with Gasteiger partial charge in [-0.15, -0.1) is 0 Å². The van der Waals surface area contributed by atoms with Crippen molar-refractivity contribution in [1.29, 1.82) is 0 Å². The van der Waals surface area contributed by atoms with Crippen LogP contribution in [0.5, 0.6) is 0 Å². The molecular formula is C18H26N4O3. The molecule has 2 rings (SSSR count). The van der Waals surface area contributed by atoms with Gasteiger partial charge in [0.25, 0.3) is 0 Å². The smallest absolute Gasteiger partial charge is 0.318 e. The van der Waals surface area contributed by atoms with E-state index in [4.69, 9.17) is 5.73 Å². The Morgan fingerprint density at radius 1 is 1.12 bits per heavy atom. The second-order valence-corrected chi connectivity index (χ2v) is 6.29. The van der Waals surface area contributed by atoms with Gasteiger partial charge in [0.15, 0.2) is 0 Å². The van der Waals surface area contributed by atoms with Crippen LogP contribution in [0.3, 0.4) is 0 Å². The van der Waals surface area contributed by atoms with Crippen LogP contribution in [0.25, 0.3) is 0 Å². The fourth-order valence-corrected chi connectivity index (χ4v) is 3.00. The van der Waals surface area contributed by atoms with Crippen LogP contribution >= 0.6 is 0 Å². The summed E-state index contributed by atoms with van der Waals surface area (Å²) in [5.74, 6) is -0.250. The summed E-state index contributed by atoms with van der Waals surface area (Å²) in [6, 6.07) is 8.85. The maximum atomic E-state index is 12.3. The number of rotatable bonds is 6. The Hall–Kier alpha value is -2.41. The van der Waals surface area contributed by atoms with E-state index in [0.29, 0.717) is 32.6 Å². The molecule has 1 aliphatic heterocycles. The van der Waals surface area contributed by atoms with Gasteiger partial charge in [0.1, 0.15) is 0 Å². The van der Waals surface area contributed by atoms with Crippen molar-refractivity contribution in [3.05, 3.63) is 35.9 Å². The number of piperazine rings is 1. The Morgan fingerprint density at radius 3 is 2.36 bits per heavy atom. The molecule has 0 bridgehead atoms. The highest BCUT2D eigenvalue weighted by atomic mass is 16.2. The molecule has 3 N–H and O–H groups in total. The Morgan fingerprint density at radius 2 is 1.76 bits per heavy atom. The minimum absolute atomic E-state index is 0.157. The zero-order chi connectivity index (χ0) is 18.2. The van der Waals surface area contributed by atoms with Crippen molar-refractivity contribution in [3.63, 3.8) is 0 Å². The average Bonchev–Trinajstić information content (AvgIpc) is 2.61. The standard InChI is InChI=1S/C18H26N4O3/c1-14(17(24)20-18(19)25)21-10-12-22(13-11-21)16(23)9-5-8-15-6-3-2-4-7-15/h2-4,6-7,14H,5,8-13H2,1H3,(H3,19,20,24,25). The van der Waals surface area contributed by atoms with Crippen molar-refractivity contribution in [2.24, 2.45) is 5.73 Å². The zero-order valence-electron chi connectivity index (χ0n) is 14.6. The lowest BCUT2D eigenvalue weighted by molar-refractivity contribution is -0.134. The van der Waals surface area contributed by atoms with E-state index >= 15 is 0 Å². The predicted octanol–water partition coefficient (Wildman–Crippen LogP) is 0.737. The van der Waals surface area contributed by atoms with Gasteiger partial charge in [0.2, 0.25) is 11.8 Å². The second-order valence-electron chi connectivity index (χ2n) is 6.29. The highest BCUT2D eigenvalue weighted by Gasteiger charge is 2.27. The molecule has 7 heteroatoms. The molecule has 0 saturated carbocycles. The maximum Gasteiger partial charge on any atom is 0.318 e. The summed E-state index contributed by atoms with van der Waals surface area (Å²) in [4.78, 5) is 38.7. The van der Waals surface area contributed by atoms with Gasteiger partial charge in [-0.25, -0.2) is 4.79 Å². The molecule has 0 spiro atoms. The molecule has 1 saturated heterocycles. The highest BCUT2D eigenvalue weighted by molar-refractivity contribution is 5.96. The van der Waals surface area contributed by atoms with Gasteiger partial charge in [-0.2, -0.15) is 0 Å². The Bertz CT molecular complexity index is 598. The first-order chi connectivity index (χ1) is 12.0. The lowest BCUT2D eigenvalue weighted by atomic mass is 10.1. The van der Waals surface area contributed by atoms with E-state index in [2.05, 4.69) is 17.4 Å². The molecule has 1 unspecified atom stereocenters. The van der Waals surface area contributed by atoms with Crippen LogP contribution in [-0.2, 0) is 16.0 Å². The molecule has 1 aromatic carbocycles. The number of urea groups is 1. The quantitative estimate of drug-likeness (QED) is 0.794. The number of hydrogen-bond donors (Lipinski definition) is 2. The summed E-state index contributed by atoms with van der Waals surface area (Å²) in [5.41, 5.74) is 6.21. The summed E-state index contributed by atoms with van der Waals surface area (Å²) < 4.78 is 0. The van der Waals surface area contributed by atoms with Crippen LogP contribution in [0.4, 0.5) is 4.79 Å². The number of amides is 4. The first-order valence-corrected chi connectivity index (χ1v) is 8.63. The van der Waals surface area contributed by atoms with Crippen LogP contribution in [0.1, 0.15) is 25.3 Å². The number of hydrogen-bond acceptors (Lipinski definition) is 4. The molecule has 0 aromatic heterocycles. The topological polar surface area (TPSA) is 95.7 Å². The maximum absolute atomic E-state index is 12.3. The number of nitrogens with two attached hydrogens (primary N) is 1. The van der Waals surface area contributed by atoms with Crippen LogP contribution in [-0.4, -0.2) is 59.9 Å². The molecule has 4 amide bonds. The van der Waals surface area contributed by atoms with Crippen molar-refractivity contribution >= 4 is 17.8 Å². The normalized spacial score (nSPS) is 16.3. The molecule has 0 aliphatic carbocycles. The first kappa shape index (κ1) is 18.9. The van der Waals surface area contributed by atoms with E-state index in [1.165, 1.54) is 5.56 Å². The number of nitrogens with zero attached hydrogens (tertiary/aromatic N) is 2. The monoisotopic (exact) mass is 346 g/mol. The Labute approximate surface area is 148 Å². The van der Waals surface area contributed by atoms with Crippen molar-refractivity contribution in [2.45, 2.75) is 32.2 Å². The molecule has 25 heavy (non-hydrogen) atoms. The molecule has 136 valence electrons. The number of nitrogens with one attached hydrogen (secondary N) is 1. The number of aryl methyl sites for hydroxylation is 1. The van der Waals surface area contributed by atoms with Crippen LogP contribution in [0.2, 0.25) is 0 Å². The third-order valence-corrected chi connectivity index (χ3v) is 4.54. The molecule has 1 atom stereocenters. The first-order valence-electron chi connectivity index (χ1n) is 8.63. The molecule has 7 nitrogen and oxygen atoms in total. The number of benzene rings is 1. The van der Waals surface area contributed by atoms with Crippen LogP contribution in [0.15, 0.2) is 30.3 Å². The molecule has 1 aliphatic rings. The van der Waals surface area contributed by atoms with E-state index in [9.17, 15) is 14.4 Å². The summed E-state index contributed by atoms with van der Waals surface area (Å²) in [5, 5.41) is 2.09. The van der Waals surface area contributed by atoms with E-state index in [-0.39, 0.29) is 5.91 Å². The number of primary amides is 1. The van der Waals surface area contributed by atoms with Crippen molar-refractivity contribution in [2.75, 3.05) is 26.2 Å². The van der Waals surface area contributed by atoms with E-state index in [1.54, 1.807) is 6.92 Å². The summed E-state index contributed by atoms with van der Waals surface area (Å²) in [6.07, 6.45) is 2.27. The Kier molecular flexibility index (Phi) is 6.94. The number of carbonyl (C=O) groups is 3. The SMILES string of the molecule is CC(C(=O)NC(N)=O)N1CCN(C(=O)CCCc2ccccc2)CC1. The molecular weight excluding hydrogens is 320 g/mol. The lowest BCUT2D eigenvalue weighted by Crippen LogP contribution is -2.55. The van der Waals surface area contributed by atoms with Gasteiger partial charge in [-0.05, 0) is 25.3 Å². The van der Waals surface area contributed by atoms with Gasteiger partial charge in [-0.3, -0.25) is 19.8 Å². The Balaban J connectivity index is 1.71. The van der Waals surface area contributed by atoms with Gasteiger partial charge >= 0.3 is 6.03 Å². The van der Waals surface area contributed by atoms with Crippen LogP contribution < -0.4 is 11.1 Å². The van der Waals surface area contributed by atoms with Gasteiger partial charge < -0.3 is 10.6 Å². The van der Waals surface area contributed by atoms with Crippen molar-refractivity contribution in [1.82, 2.24) is 15.1 Å².